The van der Waals surface area contributed by atoms with Crippen LogP contribution in [-0.4, -0.2) is 35.3 Å². The van der Waals surface area contributed by atoms with Crippen molar-refractivity contribution in [3.63, 3.8) is 0 Å². The molecule has 37 heavy (non-hydrogen) atoms. The van der Waals surface area contributed by atoms with Crippen molar-refractivity contribution in [3.05, 3.63) is 93.6 Å². The highest BCUT2D eigenvalue weighted by Gasteiger charge is 2.64. The summed E-state index contributed by atoms with van der Waals surface area (Å²) in [5.41, 5.74) is 2.52. The van der Waals surface area contributed by atoms with E-state index in [-0.39, 0.29) is 18.5 Å². The molecule has 1 unspecified atom stereocenters. The Morgan fingerprint density at radius 1 is 0.865 bits per heavy atom. The Labute approximate surface area is 221 Å². The average Bonchev–Trinajstić information content (AvgIpc) is 3.55. The topological polar surface area (TPSA) is 76.1 Å². The molecule has 0 bridgehead atoms. The zero-order valence-corrected chi connectivity index (χ0v) is 20.6. The van der Waals surface area contributed by atoms with Gasteiger partial charge in [0.05, 0.1) is 23.6 Å². The van der Waals surface area contributed by atoms with E-state index in [1.165, 1.54) is 18.2 Å². The second kappa shape index (κ2) is 8.10. The van der Waals surface area contributed by atoms with Crippen molar-refractivity contribution in [2.45, 2.75) is 12.1 Å². The number of anilines is 1. The molecule has 184 valence electrons. The second-order valence-corrected chi connectivity index (χ2v) is 10.3. The summed E-state index contributed by atoms with van der Waals surface area (Å²) >= 11 is 12.4. The predicted octanol–water partition coefficient (Wildman–Crippen LogP) is 5.12. The van der Waals surface area contributed by atoms with E-state index < -0.39 is 29.8 Å². The molecular formula is C28H18Cl2N2O5. The molecule has 0 saturated carbocycles. The molecule has 4 atom stereocenters. The summed E-state index contributed by atoms with van der Waals surface area (Å²) in [6.45, 7) is 0.0823. The Morgan fingerprint density at radius 2 is 1.59 bits per heavy atom. The molecule has 4 aliphatic heterocycles. The fourth-order valence-corrected chi connectivity index (χ4v) is 6.52. The van der Waals surface area contributed by atoms with Crippen LogP contribution >= 0.6 is 23.2 Å². The number of benzene rings is 3. The number of carbonyl (C=O) groups is 3. The number of hydrogen-bond donors (Lipinski definition) is 0. The Hall–Kier alpha value is -3.81. The van der Waals surface area contributed by atoms with Crippen molar-refractivity contribution in [3.8, 4) is 11.5 Å². The second-order valence-electron chi connectivity index (χ2n) is 9.40. The van der Waals surface area contributed by atoms with E-state index >= 15 is 0 Å². The first-order valence-corrected chi connectivity index (χ1v) is 12.5. The van der Waals surface area contributed by atoms with E-state index in [0.29, 0.717) is 32.8 Å². The molecule has 4 aliphatic rings. The van der Waals surface area contributed by atoms with Crippen molar-refractivity contribution in [1.82, 2.24) is 4.90 Å². The van der Waals surface area contributed by atoms with Crippen molar-refractivity contribution >= 4 is 52.6 Å². The summed E-state index contributed by atoms with van der Waals surface area (Å²) in [6.07, 6.45) is 3.73. The number of imide groups is 1. The lowest BCUT2D eigenvalue weighted by atomic mass is 9.83. The minimum Gasteiger partial charge on any atom is -0.454 e. The van der Waals surface area contributed by atoms with Crippen LogP contribution in [0.25, 0.3) is 6.08 Å². The number of rotatable bonds is 3. The smallest absolute Gasteiger partial charge is 0.240 e. The van der Waals surface area contributed by atoms with Gasteiger partial charge in [-0.3, -0.25) is 14.4 Å². The molecule has 2 saturated heterocycles. The molecule has 0 radical (unpaired) electrons. The predicted molar refractivity (Wildman–Crippen MR) is 137 cm³/mol. The van der Waals surface area contributed by atoms with Gasteiger partial charge in [0.2, 0.25) is 18.6 Å². The molecular weight excluding hydrogens is 515 g/mol. The highest BCUT2D eigenvalue weighted by molar-refractivity contribution is 6.36. The molecule has 0 N–H and O–H groups in total. The van der Waals surface area contributed by atoms with Gasteiger partial charge in [0.25, 0.3) is 0 Å². The SMILES string of the molecule is O=C(c1ccc2c(c1)OCO2)[C@@H]1[C@@H]2C(=O)N(c3cc(Cl)cc(Cl)c3)C(=O)[C@@H]2C2c3ccccc3C=CN21. The van der Waals surface area contributed by atoms with Gasteiger partial charge in [-0.25, -0.2) is 4.90 Å². The minimum atomic E-state index is -0.899. The van der Waals surface area contributed by atoms with Crippen LogP contribution in [0.5, 0.6) is 11.5 Å². The molecule has 2 fully saturated rings. The third-order valence-electron chi connectivity index (χ3n) is 7.49. The number of Topliss-reactive ketones (excluding diaryl/α,β-unsaturated/α-hetero) is 1. The number of fused-ring (bicyclic) bond motifs is 6. The first-order valence-electron chi connectivity index (χ1n) is 11.7. The van der Waals surface area contributed by atoms with Gasteiger partial charge in [-0.05, 0) is 53.6 Å². The van der Waals surface area contributed by atoms with E-state index in [9.17, 15) is 14.4 Å². The van der Waals surface area contributed by atoms with Gasteiger partial charge < -0.3 is 14.4 Å². The quantitative estimate of drug-likeness (QED) is 0.344. The highest BCUT2D eigenvalue weighted by Crippen LogP contribution is 2.54. The number of ketones is 1. The summed E-state index contributed by atoms with van der Waals surface area (Å²) in [6, 6.07) is 15.9. The van der Waals surface area contributed by atoms with E-state index in [4.69, 9.17) is 32.7 Å². The van der Waals surface area contributed by atoms with Crippen LogP contribution in [0.15, 0.2) is 66.9 Å². The molecule has 7 nitrogen and oxygen atoms in total. The highest BCUT2D eigenvalue weighted by atomic mass is 35.5. The van der Waals surface area contributed by atoms with Gasteiger partial charge >= 0.3 is 0 Å². The third kappa shape index (κ3) is 3.24. The molecule has 3 aromatic carbocycles. The Morgan fingerprint density at radius 3 is 2.41 bits per heavy atom. The van der Waals surface area contributed by atoms with Crippen LogP contribution in [0, 0.1) is 11.8 Å². The zero-order chi connectivity index (χ0) is 25.4. The van der Waals surface area contributed by atoms with Crippen molar-refractivity contribution in [1.29, 1.82) is 0 Å². The van der Waals surface area contributed by atoms with Crippen LogP contribution in [-0.2, 0) is 9.59 Å². The summed E-state index contributed by atoms with van der Waals surface area (Å²) in [7, 11) is 0. The summed E-state index contributed by atoms with van der Waals surface area (Å²) < 4.78 is 10.9. The maximum Gasteiger partial charge on any atom is 0.240 e. The first-order chi connectivity index (χ1) is 17.9. The van der Waals surface area contributed by atoms with Crippen LogP contribution in [0.4, 0.5) is 5.69 Å². The van der Waals surface area contributed by atoms with Crippen LogP contribution in [0.2, 0.25) is 10.0 Å². The maximum atomic E-state index is 14.1. The summed E-state index contributed by atoms with van der Waals surface area (Å²) in [5.74, 6) is -1.74. The number of carbonyl (C=O) groups excluding carboxylic acids is 3. The van der Waals surface area contributed by atoms with E-state index in [0.717, 1.165) is 16.0 Å². The van der Waals surface area contributed by atoms with E-state index in [1.54, 1.807) is 18.2 Å². The largest absolute Gasteiger partial charge is 0.454 e. The molecule has 7 rings (SSSR count). The first kappa shape index (κ1) is 22.4. The average molecular weight is 533 g/mol. The number of nitrogens with zero attached hydrogens (tertiary/aromatic N) is 2. The standard InChI is InChI=1S/C28H18Cl2N2O5/c29-16-10-17(30)12-18(11-16)32-27(34)22-23(28(32)35)25(26(33)15-5-6-20-21(9-15)37-13-36-20)31-8-7-14-3-1-2-4-19(14)24(22)31/h1-12,22-25H,13H2/t22-,23+,24?,25-/m0/s1. The molecule has 4 heterocycles. The van der Waals surface area contributed by atoms with Gasteiger partial charge in [0.15, 0.2) is 17.3 Å². The molecule has 9 heteroatoms. The maximum absolute atomic E-state index is 14.1. The van der Waals surface area contributed by atoms with E-state index in [1.807, 2.05) is 41.4 Å². The van der Waals surface area contributed by atoms with Crippen LogP contribution < -0.4 is 14.4 Å². The number of ether oxygens (including phenoxy) is 2. The molecule has 2 amide bonds. The van der Waals surface area contributed by atoms with Crippen LogP contribution in [0.3, 0.4) is 0 Å². The monoisotopic (exact) mass is 532 g/mol. The lowest BCUT2D eigenvalue weighted by molar-refractivity contribution is -0.123. The molecule has 0 aliphatic carbocycles. The van der Waals surface area contributed by atoms with Crippen molar-refractivity contribution < 1.29 is 23.9 Å². The third-order valence-corrected chi connectivity index (χ3v) is 7.93. The Kier molecular flexibility index (Phi) is 4.90. The lowest BCUT2D eigenvalue weighted by Gasteiger charge is -2.35. The van der Waals surface area contributed by atoms with Gasteiger partial charge in [-0.2, -0.15) is 0 Å². The minimum absolute atomic E-state index is 0.0823. The van der Waals surface area contributed by atoms with Crippen LogP contribution in [0.1, 0.15) is 27.5 Å². The Bertz CT molecular complexity index is 1530. The number of hydrogen-bond acceptors (Lipinski definition) is 6. The lowest BCUT2D eigenvalue weighted by Crippen LogP contribution is -2.44. The zero-order valence-electron chi connectivity index (χ0n) is 19.1. The number of amides is 2. The van der Waals surface area contributed by atoms with Crippen molar-refractivity contribution in [2.24, 2.45) is 11.8 Å². The molecule has 0 aromatic heterocycles. The van der Waals surface area contributed by atoms with Gasteiger partial charge in [-0.15, -0.1) is 0 Å². The van der Waals surface area contributed by atoms with Gasteiger partial charge in [0, 0.05) is 21.8 Å². The molecule has 3 aromatic rings. The van der Waals surface area contributed by atoms with Gasteiger partial charge in [-0.1, -0.05) is 47.5 Å². The number of halogens is 2. The van der Waals surface area contributed by atoms with E-state index in [2.05, 4.69) is 0 Å². The van der Waals surface area contributed by atoms with Gasteiger partial charge in [0.1, 0.15) is 6.04 Å². The van der Waals surface area contributed by atoms with Crippen molar-refractivity contribution in [2.75, 3.05) is 11.7 Å². The molecule has 0 spiro atoms. The normalized spacial score (nSPS) is 24.8. The fraction of sp³-hybridized carbons (Fsp3) is 0.179. The summed E-state index contributed by atoms with van der Waals surface area (Å²) in [4.78, 5) is 45.0. The fourth-order valence-electron chi connectivity index (χ4n) is 6.00. The Balaban J connectivity index is 1.37. The summed E-state index contributed by atoms with van der Waals surface area (Å²) in [5, 5.41) is 0.612.